The molecule has 0 bridgehead atoms. The van der Waals surface area contributed by atoms with E-state index < -0.39 is 0 Å². The molecule has 0 fully saturated rings. The van der Waals surface area contributed by atoms with Crippen LogP contribution in [-0.4, -0.2) is 0 Å². The molecule has 0 saturated carbocycles. The molecule has 0 aliphatic heterocycles. The van der Waals surface area contributed by atoms with Gasteiger partial charge < -0.3 is 16.8 Å². The van der Waals surface area contributed by atoms with Gasteiger partial charge in [0, 0.05) is 11.9 Å². The van der Waals surface area contributed by atoms with Crippen molar-refractivity contribution >= 4 is 0 Å². The molecule has 0 atom stereocenters. The Hall–Kier alpha value is -1.12. The average molecular weight is 113 g/mol. The van der Waals surface area contributed by atoms with Crippen molar-refractivity contribution in [3.05, 3.63) is 24.3 Å². The number of nitrogens with one attached hydrogen (secondary N) is 1. The summed E-state index contributed by atoms with van der Waals surface area (Å²) < 4.78 is 0. The first kappa shape index (κ1) is 6.88. The first-order valence-corrected chi connectivity index (χ1v) is 2.26. The molecule has 3 nitrogen and oxygen atoms in total. The minimum absolute atomic E-state index is 0.428. The lowest BCUT2D eigenvalue weighted by atomic mass is 10.5. The Bertz CT molecular complexity index is 115. The zero-order chi connectivity index (χ0) is 6.57. The summed E-state index contributed by atoms with van der Waals surface area (Å²) in [4.78, 5) is 0. The average Bonchev–Trinajstić information content (AvgIpc) is 1.65. The van der Waals surface area contributed by atoms with Crippen LogP contribution in [0.15, 0.2) is 24.3 Å². The first-order valence-electron chi connectivity index (χ1n) is 2.26. The summed E-state index contributed by atoms with van der Waals surface area (Å²) in [5.74, 6) is 0.428. The van der Waals surface area contributed by atoms with Gasteiger partial charge in [-0.2, -0.15) is 0 Å². The van der Waals surface area contributed by atoms with Crippen LogP contribution in [0.4, 0.5) is 0 Å². The highest BCUT2D eigenvalue weighted by molar-refractivity contribution is 5.00. The molecule has 0 heterocycles. The SMILES string of the molecule is C=C(C)N/C(N)=C\N. The summed E-state index contributed by atoms with van der Waals surface area (Å²) in [6.45, 7) is 5.36. The first-order chi connectivity index (χ1) is 3.66. The summed E-state index contributed by atoms with van der Waals surface area (Å²) in [6, 6.07) is 0. The third kappa shape index (κ3) is 3.08. The molecule has 5 N–H and O–H groups in total. The predicted octanol–water partition coefficient (Wildman–Crippen LogP) is -0.174. The number of rotatable bonds is 2. The van der Waals surface area contributed by atoms with E-state index in [0.717, 1.165) is 5.70 Å². The summed E-state index contributed by atoms with van der Waals surface area (Å²) in [6.07, 6.45) is 1.29. The van der Waals surface area contributed by atoms with Crippen LogP contribution < -0.4 is 16.8 Å². The van der Waals surface area contributed by atoms with E-state index in [1.165, 1.54) is 6.20 Å². The summed E-state index contributed by atoms with van der Waals surface area (Å²) in [5, 5.41) is 2.71. The fourth-order valence-corrected chi connectivity index (χ4v) is 0.288. The Morgan fingerprint density at radius 2 is 2.25 bits per heavy atom. The van der Waals surface area contributed by atoms with Crippen molar-refractivity contribution in [2.24, 2.45) is 11.5 Å². The molecule has 0 rings (SSSR count). The maximum absolute atomic E-state index is 5.24. The number of nitrogens with two attached hydrogens (primary N) is 2. The number of hydrogen-bond acceptors (Lipinski definition) is 3. The molecule has 0 unspecified atom stereocenters. The highest BCUT2D eigenvalue weighted by Gasteiger charge is 1.82. The van der Waals surface area contributed by atoms with Crippen LogP contribution >= 0.6 is 0 Å². The Balaban J connectivity index is 3.56. The quantitative estimate of drug-likeness (QED) is 0.465. The van der Waals surface area contributed by atoms with E-state index in [9.17, 15) is 0 Å². The summed E-state index contributed by atoms with van der Waals surface area (Å²) in [5.41, 5.74) is 11.0. The smallest absolute Gasteiger partial charge is 0.116 e. The van der Waals surface area contributed by atoms with E-state index in [1.807, 2.05) is 0 Å². The molecular weight excluding hydrogens is 102 g/mol. The van der Waals surface area contributed by atoms with E-state index in [2.05, 4.69) is 11.9 Å². The third-order valence-electron chi connectivity index (χ3n) is 0.537. The van der Waals surface area contributed by atoms with E-state index in [-0.39, 0.29) is 0 Å². The fourth-order valence-electron chi connectivity index (χ4n) is 0.288. The molecule has 0 amide bonds. The van der Waals surface area contributed by atoms with Crippen LogP contribution in [0.3, 0.4) is 0 Å². The highest BCUT2D eigenvalue weighted by Crippen LogP contribution is 1.80. The lowest BCUT2D eigenvalue weighted by Gasteiger charge is -2.01. The van der Waals surface area contributed by atoms with Gasteiger partial charge in [-0.15, -0.1) is 0 Å². The summed E-state index contributed by atoms with van der Waals surface area (Å²) in [7, 11) is 0. The van der Waals surface area contributed by atoms with Crippen LogP contribution in [0, 0.1) is 0 Å². The number of hydrogen-bond donors (Lipinski definition) is 3. The van der Waals surface area contributed by atoms with Gasteiger partial charge in [-0.25, -0.2) is 0 Å². The molecule has 0 aromatic carbocycles. The molecule has 0 aromatic heterocycles. The Morgan fingerprint density at radius 3 is 2.38 bits per heavy atom. The maximum atomic E-state index is 5.24. The van der Waals surface area contributed by atoms with Gasteiger partial charge in [0.2, 0.25) is 0 Å². The maximum Gasteiger partial charge on any atom is 0.116 e. The van der Waals surface area contributed by atoms with Crippen molar-refractivity contribution in [3.8, 4) is 0 Å². The molecule has 0 aliphatic rings. The van der Waals surface area contributed by atoms with Crippen molar-refractivity contribution in [2.45, 2.75) is 6.92 Å². The second-order valence-electron chi connectivity index (χ2n) is 1.53. The van der Waals surface area contributed by atoms with Crippen molar-refractivity contribution in [1.82, 2.24) is 5.32 Å². The monoisotopic (exact) mass is 113 g/mol. The van der Waals surface area contributed by atoms with Crippen molar-refractivity contribution in [2.75, 3.05) is 0 Å². The van der Waals surface area contributed by atoms with Gasteiger partial charge in [0.1, 0.15) is 5.82 Å². The number of allylic oxidation sites excluding steroid dienone is 1. The van der Waals surface area contributed by atoms with Crippen molar-refractivity contribution < 1.29 is 0 Å². The van der Waals surface area contributed by atoms with Crippen LogP contribution in [0.1, 0.15) is 6.92 Å². The van der Waals surface area contributed by atoms with E-state index in [4.69, 9.17) is 11.5 Å². The predicted molar refractivity (Wildman–Crippen MR) is 34.4 cm³/mol. The Kier molecular flexibility index (Phi) is 2.54. The molecular formula is C5H11N3. The van der Waals surface area contributed by atoms with Gasteiger partial charge in [0.05, 0.1) is 0 Å². The highest BCUT2D eigenvalue weighted by atomic mass is 15.0. The van der Waals surface area contributed by atoms with Crippen LogP contribution in [0.5, 0.6) is 0 Å². The molecule has 0 aromatic rings. The zero-order valence-electron chi connectivity index (χ0n) is 4.94. The van der Waals surface area contributed by atoms with Crippen molar-refractivity contribution in [1.29, 1.82) is 0 Å². The van der Waals surface area contributed by atoms with Gasteiger partial charge in [-0.1, -0.05) is 6.58 Å². The van der Waals surface area contributed by atoms with Gasteiger partial charge >= 0.3 is 0 Å². The Morgan fingerprint density at radius 1 is 1.75 bits per heavy atom. The van der Waals surface area contributed by atoms with E-state index in [0.29, 0.717) is 5.82 Å². The lowest BCUT2D eigenvalue weighted by Crippen LogP contribution is -2.18. The van der Waals surface area contributed by atoms with Crippen LogP contribution in [-0.2, 0) is 0 Å². The zero-order valence-corrected chi connectivity index (χ0v) is 4.94. The molecule has 3 heteroatoms. The van der Waals surface area contributed by atoms with Crippen LogP contribution in [0.2, 0.25) is 0 Å². The molecule has 0 saturated heterocycles. The van der Waals surface area contributed by atoms with E-state index in [1.54, 1.807) is 6.92 Å². The second kappa shape index (κ2) is 2.96. The van der Waals surface area contributed by atoms with Crippen LogP contribution in [0.25, 0.3) is 0 Å². The van der Waals surface area contributed by atoms with Gasteiger partial charge in [0.25, 0.3) is 0 Å². The van der Waals surface area contributed by atoms with Crippen molar-refractivity contribution in [3.63, 3.8) is 0 Å². The molecule has 0 spiro atoms. The minimum Gasteiger partial charge on any atom is -0.402 e. The molecule has 0 radical (unpaired) electrons. The van der Waals surface area contributed by atoms with Gasteiger partial charge in [-0.05, 0) is 6.92 Å². The fraction of sp³-hybridized carbons (Fsp3) is 0.200. The van der Waals surface area contributed by atoms with Gasteiger partial charge in [0.15, 0.2) is 0 Å². The summed E-state index contributed by atoms with van der Waals surface area (Å²) >= 11 is 0. The second-order valence-corrected chi connectivity index (χ2v) is 1.53. The standard InChI is InChI=1S/C5H11N3/c1-4(2)8-5(7)3-6/h3,8H,1,6-7H2,2H3/b5-3-. The molecule has 46 valence electrons. The minimum atomic E-state index is 0.428. The largest absolute Gasteiger partial charge is 0.402 e. The molecule has 0 aliphatic carbocycles. The van der Waals surface area contributed by atoms with E-state index >= 15 is 0 Å². The normalized spacial score (nSPS) is 10.9. The van der Waals surface area contributed by atoms with Gasteiger partial charge in [-0.3, -0.25) is 0 Å². The molecule has 8 heavy (non-hydrogen) atoms. The lowest BCUT2D eigenvalue weighted by molar-refractivity contribution is 0.945. The topological polar surface area (TPSA) is 64.1 Å². The Labute approximate surface area is 49.0 Å². The third-order valence-corrected chi connectivity index (χ3v) is 0.537.